The van der Waals surface area contributed by atoms with E-state index in [1.165, 1.54) is 26.2 Å². The predicted molar refractivity (Wildman–Crippen MR) is 80.3 cm³/mol. The smallest absolute Gasteiger partial charge is 0.329 e. The summed E-state index contributed by atoms with van der Waals surface area (Å²) in [6.07, 6.45) is 0.405. The molecule has 1 atom stereocenters. The minimum absolute atomic E-state index is 0.0847. The molecule has 0 spiro atoms. The molecular formula is C16H22FNO4. The number of hydrogen-bond acceptors (Lipinski definition) is 3. The van der Waals surface area contributed by atoms with Crippen molar-refractivity contribution in [1.29, 1.82) is 0 Å². The molecule has 5 nitrogen and oxygen atoms in total. The van der Waals surface area contributed by atoms with Crippen LogP contribution in [0.4, 0.5) is 4.39 Å². The number of rotatable bonds is 7. The third-order valence-electron chi connectivity index (χ3n) is 3.86. The first-order valence-corrected chi connectivity index (χ1v) is 7.07. The van der Waals surface area contributed by atoms with Crippen LogP contribution in [0.5, 0.6) is 5.75 Å². The monoisotopic (exact) mass is 311 g/mol. The molecule has 0 radical (unpaired) electrons. The Morgan fingerprint density at radius 3 is 2.50 bits per heavy atom. The minimum atomic E-state index is -1.32. The van der Waals surface area contributed by atoms with E-state index in [2.05, 4.69) is 5.32 Å². The molecule has 0 saturated carbocycles. The highest BCUT2D eigenvalue weighted by atomic mass is 19.1. The minimum Gasteiger partial charge on any atom is -0.494 e. The van der Waals surface area contributed by atoms with Gasteiger partial charge in [-0.1, -0.05) is 19.9 Å². The Kier molecular flexibility index (Phi) is 5.91. The average molecular weight is 311 g/mol. The maximum atomic E-state index is 13.6. The van der Waals surface area contributed by atoms with Gasteiger partial charge in [0.15, 0.2) is 11.6 Å². The summed E-state index contributed by atoms with van der Waals surface area (Å²) >= 11 is 0. The number of aryl methyl sites for hydroxylation is 1. The summed E-state index contributed by atoms with van der Waals surface area (Å²) in [5.41, 5.74) is -0.669. The molecule has 0 aliphatic rings. The largest absolute Gasteiger partial charge is 0.494 e. The van der Waals surface area contributed by atoms with Crippen molar-refractivity contribution in [2.24, 2.45) is 5.92 Å². The second kappa shape index (κ2) is 7.24. The number of methoxy groups -OCH3 is 1. The summed E-state index contributed by atoms with van der Waals surface area (Å²) < 4.78 is 18.4. The van der Waals surface area contributed by atoms with Crippen molar-refractivity contribution in [3.05, 3.63) is 29.6 Å². The lowest BCUT2D eigenvalue weighted by atomic mass is 9.88. The van der Waals surface area contributed by atoms with Crippen LogP contribution in [0.1, 0.15) is 32.8 Å². The Morgan fingerprint density at radius 1 is 1.41 bits per heavy atom. The predicted octanol–water partition coefficient (Wildman–Crippen LogP) is 2.38. The fourth-order valence-electron chi connectivity index (χ4n) is 1.92. The number of benzene rings is 1. The first kappa shape index (κ1) is 17.9. The molecule has 22 heavy (non-hydrogen) atoms. The summed E-state index contributed by atoms with van der Waals surface area (Å²) in [7, 11) is 1.38. The molecule has 0 aliphatic heterocycles. The zero-order valence-electron chi connectivity index (χ0n) is 13.3. The molecule has 1 rings (SSSR count). The zero-order valence-corrected chi connectivity index (χ0v) is 13.3. The lowest BCUT2D eigenvalue weighted by Gasteiger charge is -2.30. The van der Waals surface area contributed by atoms with Crippen molar-refractivity contribution in [3.8, 4) is 5.75 Å². The SMILES string of the molecule is COc1ccc(CCC(=O)N[C@@](C)(C(=O)O)C(C)C)cc1F. The third kappa shape index (κ3) is 4.19. The average Bonchev–Trinajstić information content (AvgIpc) is 2.44. The van der Waals surface area contributed by atoms with Gasteiger partial charge in [0.25, 0.3) is 0 Å². The van der Waals surface area contributed by atoms with E-state index in [-0.39, 0.29) is 24.0 Å². The van der Waals surface area contributed by atoms with Gasteiger partial charge in [-0.3, -0.25) is 4.79 Å². The van der Waals surface area contributed by atoms with Crippen molar-refractivity contribution < 1.29 is 23.8 Å². The summed E-state index contributed by atoms with van der Waals surface area (Å²) in [6, 6.07) is 4.48. The molecular weight excluding hydrogens is 289 g/mol. The normalized spacial score (nSPS) is 13.5. The highest BCUT2D eigenvalue weighted by molar-refractivity contribution is 5.87. The molecule has 2 N–H and O–H groups in total. The Bertz CT molecular complexity index is 559. The van der Waals surface area contributed by atoms with Gasteiger partial charge >= 0.3 is 5.97 Å². The van der Waals surface area contributed by atoms with Gasteiger partial charge < -0.3 is 15.2 Å². The number of amides is 1. The standard InChI is InChI=1S/C16H22FNO4/c1-10(2)16(3,15(20)21)18-14(19)8-6-11-5-7-13(22-4)12(17)9-11/h5,7,9-10H,6,8H2,1-4H3,(H,18,19)(H,20,21)/t16-/m1/s1. The van der Waals surface area contributed by atoms with E-state index < -0.39 is 17.3 Å². The fraction of sp³-hybridized carbons (Fsp3) is 0.500. The molecule has 6 heteroatoms. The van der Waals surface area contributed by atoms with Crippen molar-refractivity contribution in [2.45, 2.75) is 39.2 Å². The summed E-state index contributed by atoms with van der Waals surface area (Å²) in [5.74, 6) is -2.06. The van der Waals surface area contributed by atoms with Crippen molar-refractivity contribution in [1.82, 2.24) is 5.32 Å². The zero-order chi connectivity index (χ0) is 16.9. The maximum Gasteiger partial charge on any atom is 0.329 e. The van der Waals surface area contributed by atoms with Gasteiger partial charge in [0.05, 0.1) is 7.11 Å². The van der Waals surface area contributed by atoms with Crippen LogP contribution in [-0.2, 0) is 16.0 Å². The first-order valence-electron chi connectivity index (χ1n) is 7.07. The number of carbonyl (C=O) groups is 2. The number of nitrogens with one attached hydrogen (secondary N) is 1. The molecule has 0 aromatic heterocycles. The van der Waals surface area contributed by atoms with E-state index in [0.717, 1.165) is 0 Å². The maximum absolute atomic E-state index is 13.6. The number of hydrogen-bond donors (Lipinski definition) is 2. The fourth-order valence-corrected chi connectivity index (χ4v) is 1.92. The lowest BCUT2D eigenvalue weighted by Crippen LogP contribution is -2.55. The molecule has 0 heterocycles. The summed E-state index contributed by atoms with van der Waals surface area (Å²) in [4.78, 5) is 23.3. The van der Waals surface area contributed by atoms with Crippen molar-refractivity contribution in [3.63, 3.8) is 0 Å². The van der Waals surface area contributed by atoms with Crippen LogP contribution in [0.2, 0.25) is 0 Å². The van der Waals surface area contributed by atoms with E-state index in [4.69, 9.17) is 4.74 Å². The Labute approximate surface area is 129 Å². The van der Waals surface area contributed by atoms with Crippen LogP contribution >= 0.6 is 0 Å². The molecule has 1 aromatic rings. The molecule has 0 fully saturated rings. The molecule has 0 aliphatic carbocycles. The van der Waals surface area contributed by atoms with E-state index in [0.29, 0.717) is 12.0 Å². The summed E-state index contributed by atoms with van der Waals surface area (Å²) in [6.45, 7) is 4.94. The highest BCUT2D eigenvalue weighted by Gasteiger charge is 2.37. The first-order chi connectivity index (χ1) is 10.2. The Morgan fingerprint density at radius 2 is 2.05 bits per heavy atom. The molecule has 0 saturated heterocycles. The third-order valence-corrected chi connectivity index (χ3v) is 3.86. The molecule has 122 valence electrons. The second-order valence-electron chi connectivity index (χ2n) is 5.68. The van der Waals surface area contributed by atoms with Crippen LogP contribution in [0.15, 0.2) is 18.2 Å². The molecule has 0 unspecified atom stereocenters. The Balaban J connectivity index is 2.66. The van der Waals surface area contributed by atoms with Crippen LogP contribution in [0, 0.1) is 11.7 Å². The van der Waals surface area contributed by atoms with Crippen molar-refractivity contribution in [2.75, 3.05) is 7.11 Å². The van der Waals surface area contributed by atoms with Gasteiger partial charge in [-0.15, -0.1) is 0 Å². The van der Waals surface area contributed by atoms with Crippen LogP contribution < -0.4 is 10.1 Å². The van der Waals surface area contributed by atoms with E-state index in [9.17, 15) is 19.1 Å². The van der Waals surface area contributed by atoms with Gasteiger partial charge in [0.1, 0.15) is 5.54 Å². The molecule has 1 amide bonds. The second-order valence-corrected chi connectivity index (χ2v) is 5.68. The number of ether oxygens (including phenoxy) is 1. The van der Waals surface area contributed by atoms with Gasteiger partial charge in [-0.25, -0.2) is 9.18 Å². The van der Waals surface area contributed by atoms with Gasteiger partial charge in [-0.05, 0) is 37.0 Å². The van der Waals surface area contributed by atoms with Crippen LogP contribution in [-0.4, -0.2) is 29.6 Å². The van der Waals surface area contributed by atoms with Gasteiger partial charge in [0, 0.05) is 6.42 Å². The van der Waals surface area contributed by atoms with Gasteiger partial charge in [-0.2, -0.15) is 0 Å². The quantitative estimate of drug-likeness (QED) is 0.810. The van der Waals surface area contributed by atoms with Crippen molar-refractivity contribution >= 4 is 11.9 Å². The van der Waals surface area contributed by atoms with E-state index >= 15 is 0 Å². The number of carbonyl (C=O) groups excluding carboxylic acids is 1. The molecule has 1 aromatic carbocycles. The lowest BCUT2D eigenvalue weighted by molar-refractivity contribution is -0.148. The van der Waals surface area contributed by atoms with Crippen LogP contribution in [0.3, 0.4) is 0 Å². The molecule has 0 bridgehead atoms. The Hall–Kier alpha value is -2.11. The number of carboxylic acids is 1. The van der Waals surface area contributed by atoms with E-state index in [1.807, 2.05) is 0 Å². The topological polar surface area (TPSA) is 75.6 Å². The summed E-state index contributed by atoms with van der Waals surface area (Å²) in [5, 5.41) is 11.8. The van der Waals surface area contributed by atoms with Gasteiger partial charge in [0.2, 0.25) is 5.91 Å². The van der Waals surface area contributed by atoms with E-state index in [1.54, 1.807) is 19.9 Å². The van der Waals surface area contributed by atoms with Crippen LogP contribution in [0.25, 0.3) is 0 Å². The highest BCUT2D eigenvalue weighted by Crippen LogP contribution is 2.19. The number of halogens is 1. The number of aliphatic carboxylic acids is 1. The number of carboxylic acid groups (broad SMARTS) is 1.